The topological polar surface area (TPSA) is 62.3 Å². The van der Waals surface area contributed by atoms with E-state index in [9.17, 15) is 9.59 Å². The van der Waals surface area contributed by atoms with Crippen molar-refractivity contribution in [3.05, 3.63) is 68.9 Å². The molecule has 1 aliphatic heterocycles. The van der Waals surface area contributed by atoms with E-state index in [4.69, 9.17) is 0 Å². The Balaban J connectivity index is 1.46. The van der Waals surface area contributed by atoms with Gasteiger partial charge in [0.15, 0.2) is 5.13 Å². The fourth-order valence-corrected chi connectivity index (χ4v) is 5.10. The Morgan fingerprint density at radius 3 is 2.75 bits per heavy atom. The molecule has 0 aliphatic carbocycles. The van der Waals surface area contributed by atoms with Crippen molar-refractivity contribution in [2.75, 3.05) is 11.9 Å². The first-order chi connectivity index (χ1) is 13.7. The standard InChI is InChI=1S/C21H21N3O2S2/c1-2-15(14-7-4-3-5-8-14)20(26)24-11-10-16-18(13-24)28-21(22-16)23-19(25)17-9-6-12-27-17/h3-9,12,15H,2,10-11,13H2,1H3,(H,22,23,25). The highest BCUT2D eigenvalue weighted by molar-refractivity contribution is 7.16. The third-order valence-electron chi connectivity index (χ3n) is 4.92. The molecule has 1 aromatic carbocycles. The number of amides is 2. The lowest BCUT2D eigenvalue weighted by Gasteiger charge is -2.29. The van der Waals surface area contributed by atoms with Gasteiger partial charge in [-0.25, -0.2) is 4.98 Å². The van der Waals surface area contributed by atoms with Gasteiger partial charge < -0.3 is 4.90 Å². The number of hydrogen-bond acceptors (Lipinski definition) is 5. The summed E-state index contributed by atoms with van der Waals surface area (Å²) in [5.41, 5.74) is 2.05. The molecule has 0 radical (unpaired) electrons. The van der Waals surface area contributed by atoms with Gasteiger partial charge in [0.2, 0.25) is 5.91 Å². The Morgan fingerprint density at radius 1 is 1.21 bits per heavy atom. The SMILES string of the molecule is CCC(C(=O)N1CCc2nc(NC(=O)c3cccs3)sc2C1)c1ccccc1. The fraction of sp³-hybridized carbons (Fsp3) is 0.286. The maximum absolute atomic E-state index is 13.1. The van der Waals surface area contributed by atoms with Crippen molar-refractivity contribution in [1.29, 1.82) is 0 Å². The van der Waals surface area contributed by atoms with E-state index in [-0.39, 0.29) is 17.7 Å². The van der Waals surface area contributed by atoms with Crippen LogP contribution in [0.25, 0.3) is 0 Å². The Bertz CT molecular complexity index is 967. The summed E-state index contributed by atoms with van der Waals surface area (Å²) >= 11 is 2.87. The van der Waals surface area contributed by atoms with Crippen molar-refractivity contribution in [1.82, 2.24) is 9.88 Å². The summed E-state index contributed by atoms with van der Waals surface area (Å²) in [5.74, 6) is -0.0882. The molecule has 0 saturated heterocycles. The predicted molar refractivity (Wildman–Crippen MR) is 113 cm³/mol. The highest BCUT2D eigenvalue weighted by atomic mass is 32.1. The third kappa shape index (κ3) is 3.86. The highest BCUT2D eigenvalue weighted by Gasteiger charge is 2.29. The molecular formula is C21H21N3O2S2. The van der Waals surface area contributed by atoms with Crippen molar-refractivity contribution >= 4 is 39.6 Å². The number of nitrogens with zero attached hydrogens (tertiary/aromatic N) is 2. The average molecular weight is 412 g/mol. The second-order valence-corrected chi connectivity index (χ2v) is 8.73. The van der Waals surface area contributed by atoms with Crippen molar-refractivity contribution < 1.29 is 9.59 Å². The zero-order chi connectivity index (χ0) is 19.5. The second kappa shape index (κ2) is 8.24. The minimum atomic E-state index is -0.135. The Labute approximate surface area is 172 Å². The molecule has 28 heavy (non-hydrogen) atoms. The van der Waals surface area contributed by atoms with Gasteiger partial charge in [-0.05, 0) is 23.4 Å². The van der Waals surface area contributed by atoms with Gasteiger partial charge in [0.1, 0.15) is 0 Å². The quantitative estimate of drug-likeness (QED) is 0.671. The van der Waals surface area contributed by atoms with E-state index in [0.29, 0.717) is 23.1 Å². The molecule has 0 saturated carbocycles. The molecule has 1 N–H and O–H groups in total. The average Bonchev–Trinajstić information content (AvgIpc) is 3.38. The van der Waals surface area contributed by atoms with Gasteiger partial charge in [0.25, 0.3) is 5.91 Å². The van der Waals surface area contributed by atoms with E-state index < -0.39 is 0 Å². The predicted octanol–water partition coefficient (Wildman–Crippen LogP) is 4.54. The van der Waals surface area contributed by atoms with E-state index >= 15 is 0 Å². The van der Waals surface area contributed by atoms with Crippen LogP contribution in [0.1, 0.15) is 45.1 Å². The van der Waals surface area contributed by atoms with E-state index in [1.807, 2.05) is 46.7 Å². The molecule has 3 aromatic rings. The largest absolute Gasteiger partial charge is 0.337 e. The van der Waals surface area contributed by atoms with Crippen LogP contribution in [-0.4, -0.2) is 28.2 Å². The van der Waals surface area contributed by atoms with E-state index in [1.165, 1.54) is 22.7 Å². The second-order valence-electron chi connectivity index (χ2n) is 6.70. The first-order valence-corrected chi connectivity index (χ1v) is 11.0. The zero-order valence-corrected chi connectivity index (χ0v) is 17.2. The molecule has 144 valence electrons. The van der Waals surface area contributed by atoms with Crippen LogP contribution in [0.15, 0.2) is 47.8 Å². The maximum atomic E-state index is 13.1. The summed E-state index contributed by atoms with van der Waals surface area (Å²) < 4.78 is 0. The van der Waals surface area contributed by atoms with E-state index in [1.54, 1.807) is 6.07 Å². The lowest BCUT2D eigenvalue weighted by Crippen LogP contribution is -2.38. The summed E-state index contributed by atoms with van der Waals surface area (Å²) in [5, 5.41) is 5.36. The molecule has 3 heterocycles. The molecule has 7 heteroatoms. The Morgan fingerprint density at radius 2 is 2.04 bits per heavy atom. The van der Waals surface area contributed by atoms with Gasteiger partial charge in [0, 0.05) is 17.8 Å². The highest BCUT2D eigenvalue weighted by Crippen LogP contribution is 2.31. The number of thiazole rings is 1. The first-order valence-electron chi connectivity index (χ1n) is 9.33. The van der Waals surface area contributed by atoms with Gasteiger partial charge in [0.05, 0.1) is 23.0 Å². The number of carbonyl (C=O) groups excluding carboxylic acids is 2. The number of anilines is 1. The van der Waals surface area contributed by atoms with Crippen LogP contribution in [0.5, 0.6) is 0 Å². The minimum absolute atomic E-state index is 0.117. The van der Waals surface area contributed by atoms with Crippen LogP contribution in [0.3, 0.4) is 0 Å². The molecule has 5 nitrogen and oxygen atoms in total. The summed E-state index contributed by atoms with van der Waals surface area (Å²) in [4.78, 5) is 33.6. The van der Waals surface area contributed by atoms with Crippen LogP contribution in [0.2, 0.25) is 0 Å². The van der Waals surface area contributed by atoms with Crippen LogP contribution in [0, 0.1) is 0 Å². The fourth-order valence-electron chi connectivity index (χ4n) is 3.46. The third-order valence-corrected chi connectivity index (χ3v) is 6.78. The summed E-state index contributed by atoms with van der Waals surface area (Å²) in [6.45, 7) is 3.27. The summed E-state index contributed by atoms with van der Waals surface area (Å²) in [6.07, 6.45) is 1.49. The number of rotatable bonds is 5. The molecule has 1 aliphatic rings. The van der Waals surface area contributed by atoms with Gasteiger partial charge in [-0.1, -0.05) is 54.7 Å². The van der Waals surface area contributed by atoms with Crippen molar-refractivity contribution in [3.8, 4) is 0 Å². The molecule has 2 aromatic heterocycles. The molecule has 1 atom stereocenters. The van der Waals surface area contributed by atoms with Crippen molar-refractivity contribution in [2.24, 2.45) is 0 Å². The van der Waals surface area contributed by atoms with Crippen LogP contribution in [-0.2, 0) is 17.8 Å². The van der Waals surface area contributed by atoms with E-state index in [0.717, 1.165) is 29.0 Å². The molecule has 0 fully saturated rings. The Hall–Kier alpha value is -2.51. The minimum Gasteiger partial charge on any atom is -0.337 e. The zero-order valence-electron chi connectivity index (χ0n) is 15.6. The van der Waals surface area contributed by atoms with Crippen LogP contribution in [0.4, 0.5) is 5.13 Å². The van der Waals surface area contributed by atoms with E-state index in [2.05, 4.69) is 17.2 Å². The number of fused-ring (bicyclic) bond motifs is 1. The maximum Gasteiger partial charge on any atom is 0.267 e. The van der Waals surface area contributed by atoms with Gasteiger partial charge in [-0.2, -0.15) is 0 Å². The number of thiophene rings is 1. The van der Waals surface area contributed by atoms with Crippen LogP contribution >= 0.6 is 22.7 Å². The number of hydrogen-bond donors (Lipinski definition) is 1. The number of carbonyl (C=O) groups is 2. The van der Waals surface area contributed by atoms with Gasteiger partial charge in [-0.3, -0.25) is 14.9 Å². The van der Waals surface area contributed by atoms with Crippen molar-refractivity contribution in [3.63, 3.8) is 0 Å². The lowest BCUT2D eigenvalue weighted by atomic mass is 9.94. The van der Waals surface area contributed by atoms with Gasteiger partial charge in [-0.15, -0.1) is 11.3 Å². The molecule has 1 unspecified atom stereocenters. The lowest BCUT2D eigenvalue weighted by molar-refractivity contribution is -0.133. The molecular weight excluding hydrogens is 390 g/mol. The smallest absolute Gasteiger partial charge is 0.267 e. The van der Waals surface area contributed by atoms with Crippen molar-refractivity contribution in [2.45, 2.75) is 32.2 Å². The first kappa shape index (κ1) is 18.8. The number of nitrogens with one attached hydrogen (secondary N) is 1. The number of benzene rings is 1. The molecule has 4 rings (SSSR count). The molecule has 0 bridgehead atoms. The monoisotopic (exact) mass is 411 g/mol. The molecule has 2 amide bonds. The normalized spacial score (nSPS) is 14.4. The molecule has 0 spiro atoms. The summed E-state index contributed by atoms with van der Waals surface area (Å²) in [6, 6.07) is 13.6. The van der Waals surface area contributed by atoms with Gasteiger partial charge >= 0.3 is 0 Å². The summed E-state index contributed by atoms with van der Waals surface area (Å²) in [7, 11) is 0. The van der Waals surface area contributed by atoms with Crippen LogP contribution < -0.4 is 5.32 Å². The Kier molecular flexibility index (Phi) is 5.54. The number of aromatic nitrogens is 1.